The van der Waals surface area contributed by atoms with Gasteiger partial charge in [0.1, 0.15) is 0 Å². The Morgan fingerprint density at radius 3 is 2.25 bits per heavy atom. The molecule has 0 aromatic rings. The molecule has 0 saturated carbocycles. The summed E-state index contributed by atoms with van der Waals surface area (Å²) >= 11 is 0. The van der Waals surface area contributed by atoms with Gasteiger partial charge in [0, 0.05) is 25.7 Å². The van der Waals surface area contributed by atoms with Crippen LogP contribution in [0.5, 0.6) is 0 Å². The van der Waals surface area contributed by atoms with E-state index in [4.69, 9.17) is 5.73 Å². The molecule has 16 heavy (non-hydrogen) atoms. The van der Waals surface area contributed by atoms with E-state index in [0.29, 0.717) is 6.04 Å². The van der Waals surface area contributed by atoms with Crippen molar-refractivity contribution in [3.05, 3.63) is 0 Å². The van der Waals surface area contributed by atoms with Gasteiger partial charge in [-0.2, -0.15) is 0 Å². The average molecular weight is 226 g/mol. The first-order valence-electron chi connectivity index (χ1n) is 7.02. The topological polar surface area (TPSA) is 29.3 Å². The highest BCUT2D eigenvalue weighted by atomic mass is 15.2. The fourth-order valence-electron chi connectivity index (χ4n) is 3.37. The van der Waals surface area contributed by atoms with Gasteiger partial charge >= 0.3 is 0 Å². The summed E-state index contributed by atoms with van der Waals surface area (Å²) < 4.78 is 0. The lowest BCUT2D eigenvalue weighted by Crippen LogP contribution is -2.50. The zero-order valence-electron chi connectivity index (χ0n) is 11.6. The summed E-state index contributed by atoms with van der Waals surface area (Å²) in [5.74, 6) is 2.42. The Morgan fingerprint density at radius 1 is 1.25 bits per heavy atom. The minimum atomic E-state index is 0.602. The maximum Gasteiger partial charge on any atom is 0.0244 e. The Hall–Kier alpha value is -0.0800. The van der Waals surface area contributed by atoms with E-state index in [0.717, 1.165) is 24.3 Å². The summed E-state index contributed by atoms with van der Waals surface area (Å²) in [5, 5.41) is 0. The van der Waals surface area contributed by atoms with Gasteiger partial charge in [-0.3, -0.25) is 4.90 Å². The SMILES string of the molecule is CCCC(C)C(CN)N1CC(C)CC(C)C1. The fourth-order valence-corrected chi connectivity index (χ4v) is 3.37. The third-order valence-corrected chi connectivity index (χ3v) is 4.01. The van der Waals surface area contributed by atoms with Gasteiger partial charge in [-0.15, -0.1) is 0 Å². The maximum atomic E-state index is 5.98. The van der Waals surface area contributed by atoms with Gasteiger partial charge in [-0.25, -0.2) is 0 Å². The lowest BCUT2D eigenvalue weighted by atomic mass is 9.87. The number of nitrogens with two attached hydrogens (primary N) is 1. The minimum absolute atomic E-state index is 0.602. The van der Waals surface area contributed by atoms with Crippen LogP contribution < -0.4 is 5.73 Å². The number of nitrogens with zero attached hydrogens (tertiary/aromatic N) is 1. The molecule has 4 atom stereocenters. The summed E-state index contributed by atoms with van der Waals surface area (Å²) in [7, 11) is 0. The molecule has 0 amide bonds. The molecule has 0 aromatic carbocycles. The van der Waals surface area contributed by atoms with Crippen molar-refractivity contribution in [3.63, 3.8) is 0 Å². The molecule has 1 heterocycles. The summed E-state index contributed by atoms with van der Waals surface area (Å²) in [4.78, 5) is 2.65. The van der Waals surface area contributed by atoms with Crippen molar-refractivity contribution in [1.29, 1.82) is 0 Å². The summed E-state index contributed by atoms with van der Waals surface area (Å²) in [6.45, 7) is 12.7. The first kappa shape index (κ1) is 14.0. The van der Waals surface area contributed by atoms with Gasteiger partial charge in [0.25, 0.3) is 0 Å². The standard InChI is InChI=1S/C14H30N2/c1-5-6-13(4)14(8-15)16-9-11(2)7-12(3)10-16/h11-14H,5-10,15H2,1-4H3. The van der Waals surface area contributed by atoms with Crippen LogP contribution in [0.2, 0.25) is 0 Å². The van der Waals surface area contributed by atoms with E-state index in [1.165, 1.54) is 32.4 Å². The molecule has 1 aliphatic rings. The van der Waals surface area contributed by atoms with Gasteiger partial charge < -0.3 is 5.73 Å². The smallest absolute Gasteiger partial charge is 0.0244 e. The normalized spacial score (nSPS) is 31.3. The highest BCUT2D eigenvalue weighted by molar-refractivity contribution is 4.84. The number of piperidine rings is 1. The average Bonchev–Trinajstić information content (AvgIpc) is 2.17. The second-order valence-electron chi connectivity index (χ2n) is 5.97. The number of rotatable bonds is 5. The van der Waals surface area contributed by atoms with Crippen molar-refractivity contribution in [2.24, 2.45) is 23.5 Å². The zero-order valence-corrected chi connectivity index (χ0v) is 11.6. The second-order valence-corrected chi connectivity index (χ2v) is 5.97. The van der Waals surface area contributed by atoms with Crippen LogP contribution in [-0.4, -0.2) is 30.6 Å². The molecule has 1 aliphatic heterocycles. The maximum absolute atomic E-state index is 5.98. The number of likely N-dealkylation sites (tertiary alicyclic amines) is 1. The summed E-state index contributed by atoms with van der Waals surface area (Å²) in [5.41, 5.74) is 5.98. The molecule has 0 aliphatic carbocycles. The van der Waals surface area contributed by atoms with Gasteiger partial charge in [-0.05, 0) is 30.6 Å². The first-order valence-corrected chi connectivity index (χ1v) is 7.02. The molecule has 1 fully saturated rings. The van der Waals surface area contributed by atoms with E-state index in [1.807, 2.05) is 0 Å². The van der Waals surface area contributed by atoms with Crippen molar-refractivity contribution >= 4 is 0 Å². The minimum Gasteiger partial charge on any atom is -0.329 e. The Balaban J connectivity index is 2.57. The van der Waals surface area contributed by atoms with E-state index >= 15 is 0 Å². The van der Waals surface area contributed by atoms with Crippen LogP contribution in [0.4, 0.5) is 0 Å². The third kappa shape index (κ3) is 3.74. The Bertz CT molecular complexity index is 183. The Labute approximate surface area is 102 Å². The summed E-state index contributed by atoms with van der Waals surface area (Å²) in [6.07, 6.45) is 3.97. The molecule has 0 aromatic heterocycles. The molecule has 2 heteroatoms. The van der Waals surface area contributed by atoms with Gasteiger partial charge in [0.05, 0.1) is 0 Å². The van der Waals surface area contributed by atoms with Crippen LogP contribution in [0, 0.1) is 17.8 Å². The van der Waals surface area contributed by atoms with Gasteiger partial charge in [0.2, 0.25) is 0 Å². The molecule has 1 rings (SSSR count). The number of hydrogen-bond donors (Lipinski definition) is 1. The monoisotopic (exact) mass is 226 g/mol. The predicted octanol–water partition coefficient (Wildman–Crippen LogP) is 2.73. The lowest BCUT2D eigenvalue weighted by molar-refractivity contribution is 0.0703. The molecular weight excluding hydrogens is 196 g/mol. The van der Waals surface area contributed by atoms with Crippen molar-refractivity contribution < 1.29 is 0 Å². The van der Waals surface area contributed by atoms with Gasteiger partial charge in [0.15, 0.2) is 0 Å². The van der Waals surface area contributed by atoms with Crippen LogP contribution >= 0.6 is 0 Å². The van der Waals surface area contributed by atoms with Crippen LogP contribution in [0.25, 0.3) is 0 Å². The highest BCUT2D eigenvalue weighted by Gasteiger charge is 2.29. The molecule has 2 nitrogen and oxygen atoms in total. The van der Waals surface area contributed by atoms with Gasteiger partial charge in [-0.1, -0.05) is 34.1 Å². The van der Waals surface area contributed by atoms with Crippen LogP contribution in [-0.2, 0) is 0 Å². The number of hydrogen-bond acceptors (Lipinski definition) is 2. The van der Waals surface area contributed by atoms with Crippen LogP contribution in [0.15, 0.2) is 0 Å². The fraction of sp³-hybridized carbons (Fsp3) is 1.00. The van der Waals surface area contributed by atoms with E-state index in [-0.39, 0.29) is 0 Å². The largest absolute Gasteiger partial charge is 0.329 e. The molecule has 2 N–H and O–H groups in total. The van der Waals surface area contributed by atoms with Crippen LogP contribution in [0.1, 0.15) is 47.0 Å². The molecule has 0 bridgehead atoms. The predicted molar refractivity (Wildman–Crippen MR) is 71.4 cm³/mol. The van der Waals surface area contributed by atoms with E-state index < -0.39 is 0 Å². The zero-order chi connectivity index (χ0) is 12.1. The molecule has 96 valence electrons. The van der Waals surface area contributed by atoms with E-state index in [2.05, 4.69) is 32.6 Å². The molecule has 0 spiro atoms. The molecule has 4 unspecified atom stereocenters. The lowest BCUT2D eigenvalue weighted by Gasteiger charge is -2.42. The quantitative estimate of drug-likeness (QED) is 0.781. The third-order valence-electron chi connectivity index (χ3n) is 4.01. The molecular formula is C14H30N2. The van der Waals surface area contributed by atoms with Crippen molar-refractivity contribution in [1.82, 2.24) is 4.90 Å². The van der Waals surface area contributed by atoms with E-state index in [9.17, 15) is 0 Å². The summed E-state index contributed by atoms with van der Waals surface area (Å²) in [6, 6.07) is 0.602. The second kappa shape index (κ2) is 6.61. The van der Waals surface area contributed by atoms with E-state index in [1.54, 1.807) is 0 Å². The van der Waals surface area contributed by atoms with Crippen molar-refractivity contribution in [3.8, 4) is 0 Å². The van der Waals surface area contributed by atoms with Crippen molar-refractivity contribution in [2.45, 2.75) is 53.0 Å². The first-order chi connectivity index (χ1) is 7.58. The Morgan fingerprint density at radius 2 is 1.81 bits per heavy atom. The van der Waals surface area contributed by atoms with Crippen LogP contribution in [0.3, 0.4) is 0 Å². The molecule has 0 radical (unpaired) electrons. The highest BCUT2D eigenvalue weighted by Crippen LogP contribution is 2.26. The van der Waals surface area contributed by atoms with Crippen molar-refractivity contribution in [2.75, 3.05) is 19.6 Å². The molecule has 1 saturated heterocycles. The Kier molecular flexibility index (Phi) is 5.77.